The van der Waals surface area contributed by atoms with Crippen molar-refractivity contribution in [3.8, 4) is 22.6 Å². The van der Waals surface area contributed by atoms with Gasteiger partial charge in [0.1, 0.15) is 30.2 Å². The molecule has 3 aromatic rings. The van der Waals surface area contributed by atoms with E-state index in [1.165, 1.54) is 17.2 Å². The number of rotatable bonds is 8. The fourth-order valence-electron chi connectivity index (χ4n) is 6.44. The van der Waals surface area contributed by atoms with Crippen LogP contribution in [0.2, 0.25) is 0 Å². The van der Waals surface area contributed by atoms with Crippen LogP contribution in [-0.2, 0) is 28.0 Å². The number of ether oxygens (including phenoxy) is 3. The van der Waals surface area contributed by atoms with Crippen molar-refractivity contribution in [1.82, 2.24) is 0 Å². The van der Waals surface area contributed by atoms with Gasteiger partial charge in [0.25, 0.3) is 0 Å². The Morgan fingerprint density at radius 3 is 2.45 bits per heavy atom. The third-order valence-electron chi connectivity index (χ3n) is 8.52. The Morgan fingerprint density at radius 2 is 1.79 bits per heavy atom. The maximum absolute atomic E-state index is 15.0. The van der Waals surface area contributed by atoms with Gasteiger partial charge in [0.05, 0.1) is 13.2 Å². The number of carbonyl (C=O) groups excluding carboxylic acids is 1. The molecule has 3 atom stereocenters. The van der Waals surface area contributed by atoms with Crippen LogP contribution in [0.25, 0.3) is 11.1 Å². The highest BCUT2D eigenvalue weighted by Crippen LogP contribution is 2.56. The van der Waals surface area contributed by atoms with Crippen molar-refractivity contribution in [1.29, 1.82) is 0 Å². The number of aryl methyl sites for hydroxylation is 1. The van der Waals surface area contributed by atoms with Crippen LogP contribution in [-0.4, -0.2) is 20.5 Å². The van der Waals surface area contributed by atoms with Crippen LogP contribution >= 0.6 is 0 Å². The lowest BCUT2D eigenvalue weighted by Gasteiger charge is -2.45. The SMILES string of the molecule is COc1ccc(F)c(-c2ccc(COc3ccc4c(c3)[C@@]3(CC4)CC[C@@H]3C=O)cc2[C@H](OC)C(C)(C)C)c1. The van der Waals surface area contributed by atoms with Gasteiger partial charge in [-0.05, 0) is 95.3 Å². The van der Waals surface area contributed by atoms with Crippen LogP contribution in [0.1, 0.15) is 68.4 Å². The molecule has 1 saturated carbocycles. The largest absolute Gasteiger partial charge is 0.497 e. The van der Waals surface area contributed by atoms with Gasteiger partial charge in [0.2, 0.25) is 0 Å². The molecule has 1 fully saturated rings. The van der Waals surface area contributed by atoms with Crippen LogP contribution in [0.5, 0.6) is 11.5 Å². The van der Waals surface area contributed by atoms with Crippen molar-refractivity contribution >= 4 is 6.29 Å². The Balaban J connectivity index is 1.46. The second-order valence-corrected chi connectivity index (χ2v) is 11.8. The Kier molecular flexibility index (Phi) is 7.08. The molecule has 0 aliphatic heterocycles. The van der Waals surface area contributed by atoms with Gasteiger partial charge in [-0.25, -0.2) is 4.39 Å². The van der Waals surface area contributed by atoms with Gasteiger partial charge in [-0.2, -0.15) is 0 Å². The molecular formula is C33H37FO4. The first-order valence-corrected chi connectivity index (χ1v) is 13.4. The topological polar surface area (TPSA) is 44.8 Å². The summed E-state index contributed by atoms with van der Waals surface area (Å²) >= 11 is 0. The first-order valence-electron chi connectivity index (χ1n) is 13.4. The highest BCUT2D eigenvalue weighted by Gasteiger charge is 2.51. The smallest absolute Gasteiger partial charge is 0.131 e. The van der Waals surface area contributed by atoms with Gasteiger partial charge in [-0.3, -0.25) is 0 Å². The normalized spacial score (nSPS) is 21.1. The van der Waals surface area contributed by atoms with Gasteiger partial charge < -0.3 is 19.0 Å². The molecule has 5 rings (SSSR count). The van der Waals surface area contributed by atoms with E-state index in [0.717, 1.165) is 54.4 Å². The van der Waals surface area contributed by atoms with Crippen molar-refractivity contribution in [2.75, 3.05) is 14.2 Å². The predicted octanol–water partition coefficient (Wildman–Crippen LogP) is 7.61. The number of carbonyl (C=O) groups is 1. The summed E-state index contributed by atoms with van der Waals surface area (Å²) in [5.41, 5.74) is 5.55. The third-order valence-corrected chi connectivity index (χ3v) is 8.52. The van der Waals surface area contributed by atoms with E-state index >= 15 is 4.39 Å². The molecule has 0 unspecified atom stereocenters. The second-order valence-electron chi connectivity index (χ2n) is 11.8. The van der Waals surface area contributed by atoms with Gasteiger partial charge in [0, 0.05) is 24.0 Å². The van der Waals surface area contributed by atoms with E-state index in [0.29, 0.717) is 17.9 Å². The minimum absolute atomic E-state index is 0.00444. The first kappa shape index (κ1) is 26.4. The van der Waals surface area contributed by atoms with E-state index in [1.807, 2.05) is 18.2 Å². The van der Waals surface area contributed by atoms with Crippen LogP contribution < -0.4 is 9.47 Å². The lowest BCUT2D eigenvalue weighted by Crippen LogP contribution is -2.43. The van der Waals surface area contributed by atoms with Crippen molar-refractivity contribution < 1.29 is 23.4 Å². The van der Waals surface area contributed by atoms with Crippen LogP contribution in [0.15, 0.2) is 54.6 Å². The molecule has 4 nitrogen and oxygen atoms in total. The fraction of sp³-hybridized carbons (Fsp3) is 0.424. The highest BCUT2D eigenvalue weighted by atomic mass is 19.1. The fourth-order valence-corrected chi connectivity index (χ4v) is 6.44. The maximum Gasteiger partial charge on any atom is 0.131 e. The average Bonchev–Trinajstić information content (AvgIpc) is 3.28. The molecule has 0 aromatic heterocycles. The zero-order valence-corrected chi connectivity index (χ0v) is 23.0. The first-order chi connectivity index (χ1) is 18.2. The van der Waals surface area contributed by atoms with Crippen molar-refractivity contribution in [2.24, 2.45) is 11.3 Å². The van der Waals surface area contributed by atoms with Crippen molar-refractivity contribution in [3.05, 3.63) is 82.7 Å². The summed E-state index contributed by atoms with van der Waals surface area (Å²) in [5.74, 6) is 1.22. The summed E-state index contributed by atoms with van der Waals surface area (Å²) in [6.07, 6.45) is 5.00. The van der Waals surface area contributed by atoms with Crippen molar-refractivity contribution in [3.63, 3.8) is 0 Å². The van der Waals surface area contributed by atoms with Gasteiger partial charge >= 0.3 is 0 Å². The Morgan fingerprint density at radius 1 is 1.00 bits per heavy atom. The number of methoxy groups -OCH3 is 2. The number of hydrogen-bond acceptors (Lipinski definition) is 4. The number of benzene rings is 3. The highest BCUT2D eigenvalue weighted by molar-refractivity contribution is 5.70. The van der Waals surface area contributed by atoms with E-state index in [9.17, 15) is 4.79 Å². The Bertz CT molecular complexity index is 1340. The number of aldehydes is 1. The lowest BCUT2D eigenvalue weighted by molar-refractivity contribution is -0.116. The molecule has 0 saturated heterocycles. The minimum atomic E-state index is -0.309. The number of halogens is 1. The van der Waals surface area contributed by atoms with E-state index in [4.69, 9.17) is 14.2 Å². The van der Waals surface area contributed by atoms with Crippen LogP contribution in [0, 0.1) is 17.2 Å². The molecular weight excluding hydrogens is 479 g/mol. The maximum atomic E-state index is 15.0. The summed E-state index contributed by atoms with van der Waals surface area (Å²) < 4.78 is 32.6. The number of fused-ring (bicyclic) bond motifs is 2. The van der Waals surface area contributed by atoms with Gasteiger partial charge in [-0.15, -0.1) is 0 Å². The molecule has 2 aliphatic carbocycles. The molecule has 0 N–H and O–H groups in total. The standard InChI is InChI=1S/C33H37FO4/c1-32(2,3)31(37-5)28-16-21(6-10-26(28)27-17-24(36-4)9-11-30(27)34)20-38-25-8-7-22-12-14-33(29(22)18-25)15-13-23(33)19-35/h6-11,16-19,23,31H,12-15,20H2,1-5H3/t23-,31+,33+/m1/s1. The third kappa shape index (κ3) is 4.62. The summed E-state index contributed by atoms with van der Waals surface area (Å²) in [6, 6.07) is 17.1. The second kappa shape index (κ2) is 10.2. The van der Waals surface area contributed by atoms with E-state index < -0.39 is 0 Å². The molecule has 38 heavy (non-hydrogen) atoms. The molecule has 200 valence electrons. The zero-order valence-electron chi connectivity index (χ0n) is 23.0. The summed E-state index contributed by atoms with van der Waals surface area (Å²) in [6.45, 7) is 6.72. The summed E-state index contributed by atoms with van der Waals surface area (Å²) in [5, 5.41) is 0. The van der Waals surface area contributed by atoms with Gasteiger partial charge in [0.15, 0.2) is 0 Å². The average molecular weight is 517 g/mol. The van der Waals surface area contributed by atoms with Crippen molar-refractivity contribution in [2.45, 2.75) is 64.6 Å². The summed E-state index contributed by atoms with van der Waals surface area (Å²) in [7, 11) is 3.27. The molecule has 0 radical (unpaired) electrons. The molecule has 2 aliphatic rings. The molecule has 3 aromatic carbocycles. The van der Waals surface area contributed by atoms with E-state index in [1.54, 1.807) is 26.4 Å². The monoisotopic (exact) mass is 516 g/mol. The van der Waals surface area contributed by atoms with Crippen LogP contribution in [0.3, 0.4) is 0 Å². The zero-order chi connectivity index (χ0) is 27.1. The Labute approximate surface area is 225 Å². The molecule has 5 heteroatoms. The van der Waals surface area contributed by atoms with E-state index in [2.05, 4.69) is 39.0 Å². The Hall–Kier alpha value is -3.18. The van der Waals surface area contributed by atoms with Gasteiger partial charge in [-0.1, -0.05) is 39.0 Å². The lowest BCUT2D eigenvalue weighted by atomic mass is 9.58. The molecule has 0 bridgehead atoms. The quantitative estimate of drug-likeness (QED) is 0.289. The molecule has 0 amide bonds. The molecule has 1 spiro atoms. The van der Waals surface area contributed by atoms with Crippen LogP contribution in [0.4, 0.5) is 4.39 Å². The van der Waals surface area contributed by atoms with E-state index in [-0.39, 0.29) is 28.7 Å². The minimum Gasteiger partial charge on any atom is -0.497 e. The predicted molar refractivity (Wildman–Crippen MR) is 147 cm³/mol. The summed E-state index contributed by atoms with van der Waals surface area (Å²) in [4.78, 5) is 11.7. The molecule has 0 heterocycles. The number of hydrogen-bond donors (Lipinski definition) is 0.